The lowest BCUT2D eigenvalue weighted by atomic mass is 10.2. The summed E-state index contributed by atoms with van der Waals surface area (Å²) in [6.07, 6.45) is 3.60. The Balaban J connectivity index is 2.15. The molecule has 3 nitrogen and oxygen atoms in total. The second kappa shape index (κ2) is 5.23. The third kappa shape index (κ3) is 2.43. The van der Waals surface area contributed by atoms with Gasteiger partial charge in [-0.15, -0.1) is 11.6 Å². The van der Waals surface area contributed by atoms with Crippen molar-refractivity contribution in [1.82, 2.24) is 9.97 Å². The molecule has 0 saturated carbocycles. The number of nitrogens with zero attached hydrogens (tertiary/aromatic N) is 3. The molecule has 2 rings (SSSR count). The summed E-state index contributed by atoms with van der Waals surface area (Å²) in [5, 5.41) is 0.642. The lowest BCUT2D eigenvalue weighted by Crippen LogP contribution is -2.45. The Morgan fingerprint density at radius 1 is 1.44 bits per heavy atom. The minimum absolute atomic E-state index is 0.426. The molecule has 0 N–H and O–H groups in total. The van der Waals surface area contributed by atoms with E-state index < -0.39 is 0 Å². The Bertz CT molecular complexity index is 344. The molecule has 2 atom stereocenters. The van der Waals surface area contributed by atoms with Gasteiger partial charge in [0.15, 0.2) is 0 Å². The standard InChI is InChI=1S/C11H16ClN3S/c1-8-9(2)16-4-3-15(8)11-7-13-10(5-12)6-14-11/h6-9H,3-5H2,1-2H3. The van der Waals surface area contributed by atoms with E-state index >= 15 is 0 Å². The predicted molar refractivity (Wildman–Crippen MR) is 70.3 cm³/mol. The van der Waals surface area contributed by atoms with Gasteiger partial charge in [0.1, 0.15) is 5.82 Å². The Kier molecular flexibility index (Phi) is 3.92. The summed E-state index contributed by atoms with van der Waals surface area (Å²) in [5.74, 6) is 2.55. The van der Waals surface area contributed by atoms with E-state index in [1.807, 2.05) is 18.0 Å². The fraction of sp³-hybridized carbons (Fsp3) is 0.636. The van der Waals surface area contributed by atoms with Crippen LogP contribution in [0.3, 0.4) is 0 Å². The second-order valence-electron chi connectivity index (χ2n) is 4.01. The van der Waals surface area contributed by atoms with Gasteiger partial charge in [-0.25, -0.2) is 4.98 Å². The maximum atomic E-state index is 5.70. The Morgan fingerprint density at radius 3 is 2.88 bits per heavy atom. The lowest BCUT2D eigenvalue weighted by Gasteiger charge is -2.38. The van der Waals surface area contributed by atoms with Crippen molar-refractivity contribution < 1.29 is 0 Å². The van der Waals surface area contributed by atoms with Gasteiger partial charge in [0, 0.05) is 23.6 Å². The molecule has 88 valence electrons. The van der Waals surface area contributed by atoms with Crippen molar-refractivity contribution in [3.8, 4) is 0 Å². The van der Waals surface area contributed by atoms with Crippen molar-refractivity contribution in [2.75, 3.05) is 17.2 Å². The van der Waals surface area contributed by atoms with Gasteiger partial charge in [-0.1, -0.05) is 6.92 Å². The molecule has 0 aromatic carbocycles. The molecule has 1 aliphatic rings. The van der Waals surface area contributed by atoms with E-state index in [0.29, 0.717) is 17.2 Å². The van der Waals surface area contributed by atoms with Gasteiger partial charge in [0.25, 0.3) is 0 Å². The SMILES string of the molecule is CC1SCCN(c2cnc(CCl)cn2)C1C. The number of anilines is 1. The number of hydrogen-bond acceptors (Lipinski definition) is 4. The summed E-state index contributed by atoms with van der Waals surface area (Å²) in [6, 6.07) is 0.509. The van der Waals surface area contributed by atoms with Crippen molar-refractivity contribution in [3.05, 3.63) is 18.1 Å². The third-order valence-corrected chi connectivity index (χ3v) is 4.62. The van der Waals surface area contributed by atoms with Crippen LogP contribution in [0.1, 0.15) is 19.5 Å². The zero-order chi connectivity index (χ0) is 11.5. The number of rotatable bonds is 2. The van der Waals surface area contributed by atoms with Crippen LogP contribution in [-0.4, -0.2) is 33.6 Å². The van der Waals surface area contributed by atoms with E-state index in [2.05, 4.69) is 28.7 Å². The van der Waals surface area contributed by atoms with Crippen LogP contribution < -0.4 is 4.90 Å². The normalized spacial score (nSPS) is 25.8. The molecular formula is C11H16ClN3S. The van der Waals surface area contributed by atoms with E-state index in [4.69, 9.17) is 11.6 Å². The van der Waals surface area contributed by atoms with Crippen molar-refractivity contribution in [3.63, 3.8) is 0 Å². The highest BCUT2D eigenvalue weighted by Gasteiger charge is 2.26. The second-order valence-corrected chi connectivity index (χ2v) is 5.76. The van der Waals surface area contributed by atoms with Crippen LogP contribution >= 0.6 is 23.4 Å². The molecule has 16 heavy (non-hydrogen) atoms. The van der Waals surface area contributed by atoms with Crippen LogP contribution in [0.25, 0.3) is 0 Å². The van der Waals surface area contributed by atoms with Gasteiger partial charge in [-0.2, -0.15) is 11.8 Å². The minimum Gasteiger partial charge on any atom is -0.351 e. The van der Waals surface area contributed by atoms with Gasteiger partial charge in [0.2, 0.25) is 0 Å². The van der Waals surface area contributed by atoms with Crippen LogP contribution in [0.2, 0.25) is 0 Å². The number of hydrogen-bond donors (Lipinski definition) is 0. The van der Waals surface area contributed by atoms with Crippen molar-refractivity contribution in [2.45, 2.75) is 31.0 Å². The average molecular weight is 258 g/mol. The smallest absolute Gasteiger partial charge is 0.147 e. The first-order valence-electron chi connectivity index (χ1n) is 5.47. The molecule has 0 amide bonds. The molecule has 1 aromatic rings. The quantitative estimate of drug-likeness (QED) is 0.762. The molecule has 0 spiro atoms. The monoisotopic (exact) mass is 257 g/mol. The predicted octanol–water partition coefficient (Wildman–Crippen LogP) is 2.55. The number of thioether (sulfide) groups is 1. The molecule has 0 aliphatic carbocycles. The molecule has 0 bridgehead atoms. The van der Waals surface area contributed by atoms with E-state index in [1.54, 1.807) is 6.20 Å². The summed E-state index contributed by atoms with van der Waals surface area (Å²) in [4.78, 5) is 11.0. The molecule has 2 heterocycles. The summed E-state index contributed by atoms with van der Waals surface area (Å²) >= 11 is 7.72. The van der Waals surface area contributed by atoms with Crippen LogP contribution in [0, 0.1) is 0 Å². The average Bonchev–Trinajstić information content (AvgIpc) is 2.33. The van der Waals surface area contributed by atoms with E-state index in [0.717, 1.165) is 23.8 Å². The Morgan fingerprint density at radius 2 is 2.25 bits per heavy atom. The minimum atomic E-state index is 0.426. The first kappa shape index (κ1) is 12.0. The first-order valence-corrected chi connectivity index (χ1v) is 7.06. The van der Waals surface area contributed by atoms with Gasteiger partial charge in [-0.3, -0.25) is 4.98 Å². The molecule has 1 aromatic heterocycles. The molecule has 1 aliphatic heterocycles. The highest BCUT2D eigenvalue weighted by atomic mass is 35.5. The Labute approximate surface area is 106 Å². The van der Waals surface area contributed by atoms with Gasteiger partial charge >= 0.3 is 0 Å². The Hall–Kier alpha value is -0.480. The zero-order valence-electron chi connectivity index (χ0n) is 9.56. The van der Waals surface area contributed by atoms with E-state index in [1.165, 1.54) is 0 Å². The summed E-state index contributed by atoms with van der Waals surface area (Å²) < 4.78 is 0. The highest BCUT2D eigenvalue weighted by molar-refractivity contribution is 8.00. The fourth-order valence-electron chi connectivity index (χ4n) is 1.82. The highest BCUT2D eigenvalue weighted by Crippen LogP contribution is 2.27. The lowest BCUT2D eigenvalue weighted by molar-refractivity contribution is 0.619. The fourth-order valence-corrected chi connectivity index (χ4v) is 3.06. The molecule has 2 unspecified atom stereocenters. The van der Waals surface area contributed by atoms with Gasteiger partial charge in [0.05, 0.1) is 24.0 Å². The van der Waals surface area contributed by atoms with Crippen LogP contribution in [-0.2, 0) is 5.88 Å². The third-order valence-electron chi connectivity index (χ3n) is 3.01. The zero-order valence-corrected chi connectivity index (χ0v) is 11.1. The topological polar surface area (TPSA) is 29.0 Å². The number of alkyl halides is 1. The van der Waals surface area contributed by atoms with Crippen molar-refractivity contribution in [1.29, 1.82) is 0 Å². The molecule has 5 heteroatoms. The molecule has 0 radical (unpaired) electrons. The summed E-state index contributed by atoms with van der Waals surface area (Å²) in [6.45, 7) is 5.56. The molecular weight excluding hydrogens is 242 g/mol. The maximum Gasteiger partial charge on any atom is 0.147 e. The summed E-state index contributed by atoms with van der Waals surface area (Å²) in [7, 11) is 0. The largest absolute Gasteiger partial charge is 0.351 e. The van der Waals surface area contributed by atoms with Crippen LogP contribution in [0.15, 0.2) is 12.4 Å². The van der Waals surface area contributed by atoms with Crippen molar-refractivity contribution in [2.24, 2.45) is 0 Å². The van der Waals surface area contributed by atoms with Gasteiger partial charge < -0.3 is 4.90 Å². The maximum absolute atomic E-state index is 5.70. The van der Waals surface area contributed by atoms with Gasteiger partial charge in [-0.05, 0) is 6.92 Å². The molecule has 1 saturated heterocycles. The van der Waals surface area contributed by atoms with Crippen molar-refractivity contribution >= 4 is 29.2 Å². The number of aromatic nitrogens is 2. The summed E-state index contributed by atoms with van der Waals surface area (Å²) in [5.41, 5.74) is 0.831. The number of halogens is 1. The van der Waals surface area contributed by atoms with Crippen LogP contribution in [0.4, 0.5) is 5.82 Å². The van der Waals surface area contributed by atoms with Crippen LogP contribution in [0.5, 0.6) is 0 Å². The van der Waals surface area contributed by atoms with E-state index in [9.17, 15) is 0 Å². The molecule has 1 fully saturated rings. The first-order chi connectivity index (χ1) is 7.72. The van der Waals surface area contributed by atoms with E-state index in [-0.39, 0.29) is 0 Å².